The number of H-pyrrole nitrogens is 1. The van der Waals surface area contributed by atoms with Gasteiger partial charge in [0.1, 0.15) is 11.4 Å². The molecule has 2 heterocycles. The summed E-state index contributed by atoms with van der Waals surface area (Å²) in [6, 6.07) is 13.2. The zero-order valence-corrected chi connectivity index (χ0v) is 13.2. The Morgan fingerprint density at radius 1 is 1.04 bits per heavy atom. The molecule has 0 saturated carbocycles. The van der Waals surface area contributed by atoms with Crippen molar-refractivity contribution >= 4 is 32.6 Å². The second-order valence-corrected chi connectivity index (χ2v) is 7.31. The van der Waals surface area contributed by atoms with E-state index in [1.165, 1.54) is 18.3 Å². The molecule has 1 aromatic heterocycles. The molecule has 4 rings (SSSR count). The Labute approximate surface area is 137 Å². The highest BCUT2D eigenvalue weighted by molar-refractivity contribution is 7.90. The van der Waals surface area contributed by atoms with Crippen molar-refractivity contribution in [1.82, 2.24) is 9.29 Å². The fourth-order valence-electron chi connectivity index (χ4n) is 2.91. The zero-order valence-electron chi connectivity index (χ0n) is 12.4. The fourth-order valence-corrected chi connectivity index (χ4v) is 4.43. The predicted octanol–water partition coefficient (Wildman–Crippen LogP) is 2.20. The van der Waals surface area contributed by atoms with Gasteiger partial charge in [-0.15, -0.1) is 0 Å². The first-order chi connectivity index (χ1) is 11.5. The van der Waals surface area contributed by atoms with E-state index in [4.69, 9.17) is 0 Å². The molecule has 120 valence electrons. The quantitative estimate of drug-likeness (QED) is 0.741. The van der Waals surface area contributed by atoms with Crippen LogP contribution in [0, 0.1) is 0 Å². The van der Waals surface area contributed by atoms with Gasteiger partial charge in [0, 0.05) is 22.7 Å². The summed E-state index contributed by atoms with van der Waals surface area (Å²) in [6.07, 6.45) is 1.54. The van der Waals surface area contributed by atoms with E-state index in [2.05, 4.69) is 4.98 Å². The van der Waals surface area contributed by atoms with Gasteiger partial charge >= 0.3 is 0 Å². The summed E-state index contributed by atoms with van der Waals surface area (Å²) in [7, 11) is -3.98. The lowest BCUT2D eigenvalue weighted by Gasteiger charge is -2.13. The number of Topliss-reactive ketones (excluding diaryl/α,β-unsaturated/α-hetero) is 1. The van der Waals surface area contributed by atoms with Gasteiger partial charge in [0.2, 0.25) is 0 Å². The first kappa shape index (κ1) is 14.6. The minimum Gasteiger partial charge on any atom is -0.360 e. The second kappa shape index (κ2) is 5.04. The van der Waals surface area contributed by atoms with Crippen molar-refractivity contribution in [2.45, 2.75) is 4.90 Å². The first-order valence-corrected chi connectivity index (χ1v) is 8.69. The minimum absolute atomic E-state index is 0.0540. The SMILES string of the molecule is O=C(CN1C(=O)c2ccccc2S1(=O)=O)c1c[nH]c2ccccc12. The van der Waals surface area contributed by atoms with Gasteiger partial charge in [0.15, 0.2) is 5.78 Å². The molecular formula is C17H12N2O4S. The van der Waals surface area contributed by atoms with Gasteiger partial charge in [-0.3, -0.25) is 9.59 Å². The number of nitrogens with zero attached hydrogens (tertiary/aromatic N) is 1. The van der Waals surface area contributed by atoms with E-state index in [0.717, 1.165) is 5.52 Å². The number of para-hydroxylation sites is 1. The van der Waals surface area contributed by atoms with Gasteiger partial charge in [0.25, 0.3) is 15.9 Å². The topological polar surface area (TPSA) is 87.3 Å². The summed E-state index contributed by atoms with van der Waals surface area (Å²) in [5, 5.41) is 0.698. The van der Waals surface area contributed by atoms with E-state index in [1.807, 2.05) is 12.1 Å². The van der Waals surface area contributed by atoms with E-state index in [-0.39, 0.29) is 10.5 Å². The summed E-state index contributed by atoms with van der Waals surface area (Å²) in [5.41, 5.74) is 1.24. The summed E-state index contributed by atoms with van der Waals surface area (Å²) in [5.74, 6) is -1.10. The number of sulfonamides is 1. The van der Waals surface area contributed by atoms with Crippen molar-refractivity contribution in [2.75, 3.05) is 6.54 Å². The molecule has 2 aromatic carbocycles. The standard InChI is InChI=1S/C17H12N2O4S/c20-15(13-9-18-14-7-3-1-5-11(13)14)10-19-17(21)12-6-2-4-8-16(12)24(19,22)23/h1-9,18H,10H2. The average molecular weight is 340 g/mol. The molecule has 24 heavy (non-hydrogen) atoms. The third-order valence-corrected chi connectivity index (χ3v) is 5.88. The zero-order chi connectivity index (χ0) is 16.9. The second-order valence-electron chi connectivity index (χ2n) is 5.48. The van der Waals surface area contributed by atoms with Crippen molar-refractivity contribution in [1.29, 1.82) is 0 Å². The van der Waals surface area contributed by atoms with Crippen LogP contribution < -0.4 is 0 Å². The lowest BCUT2D eigenvalue weighted by atomic mass is 10.1. The Hall–Kier alpha value is -2.93. The van der Waals surface area contributed by atoms with E-state index >= 15 is 0 Å². The van der Waals surface area contributed by atoms with Crippen molar-refractivity contribution in [3.8, 4) is 0 Å². The molecule has 0 saturated heterocycles. The Balaban J connectivity index is 1.71. The van der Waals surface area contributed by atoms with E-state index in [9.17, 15) is 18.0 Å². The van der Waals surface area contributed by atoms with E-state index in [1.54, 1.807) is 24.3 Å². The molecule has 3 aromatic rings. The van der Waals surface area contributed by atoms with Crippen molar-refractivity contribution < 1.29 is 18.0 Å². The molecule has 1 amide bonds. The van der Waals surface area contributed by atoms with E-state index in [0.29, 0.717) is 15.3 Å². The number of rotatable bonds is 3. The lowest BCUT2D eigenvalue weighted by Crippen LogP contribution is -2.35. The van der Waals surface area contributed by atoms with Crippen molar-refractivity contribution in [3.05, 3.63) is 65.9 Å². The normalized spacial score (nSPS) is 15.7. The summed E-state index contributed by atoms with van der Waals surface area (Å²) in [4.78, 5) is 27.9. The summed E-state index contributed by atoms with van der Waals surface area (Å²) >= 11 is 0. The Kier molecular flexibility index (Phi) is 3.07. The van der Waals surface area contributed by atoms with Gasteiger partial charge in [-0.05, 0) is 18.2 Å². The molecule has 0 bridgehead atoms. The summed E-state index contributed by atoms with van der Waals surface area (Å²) in [6.45, 7) is -0.516. The molecule has 7 heteroatoms. The number of aromatic nitrogens is 1. The van der Waals surface area contributed by atoms with Gasteiger partial charge in [-0.2, -0.15) is 0 Å². The van der Waals surface area contributed by atoms with Gasteiger partial charge < -0.3 is 4.98 Å². The lowest BCUT2D eigenvalue weighted by molar-refractivity contribution is 0.0821. The smallest absolute Gasteiger partial charge is 0.269 e. The van der Waals surface area contributed by atoms with Gasteiger partial charge in [0.05, 0.1) is 5.56 Å². The number of carbonyl (C=O) groups excluding carboxylic acids is 2. The van der Waals surface area contributed by atoms with Crippen LogP contribution in [0.15, 0.2) is 59.6 Å². The number of carbonyl (C=O) groups is 2. The number of hydrogen-bond donors (Lipinski definition) is 1. The van der Waals surface area contributed by atoms with Crippen LogP contribution in [0.4, 0.5) is 0 Å². The molecule has 0 fully saturated rings. The van der Waals surface area contributed by atoms with Crippen LogP contribution in [0.2, 0.25) is 0 Å². The molecule has 0 radical (unpaired) electrons. The predicted molar refractivity (Wildman–Crippen MR) is 87.3 cm³/mol. The molecule has 0 aliphatic carbocycles. The van der Waals surface area contributed by atoms with Crippen LogP contribution >= 0.6 is 0 Å². The number of ketones is 1. The van der Waals surface area contributed by atoms with Crippen LogP contribution in [0.25, 0.3) is 10.9 Å². The highest BCUT2D eigenvalue weighted by Crippen LogP contribution is 2.30. The fraction of sp³-hybridized carbons (Fsp3) is 0.0588. The molecule has 0 unspecified atom stereocenters. The number of benzene rings is 2. The van der Waals surface area contributed by atoms with Crippen LogP contribution in [0.1, 0.15) is 20.7 Å². The molecule has 1 N–H and O–H groups in total. The molecule has 0 atom stereocenters. The molecular weight excluding hydrogens is 328 g/mol. The maximum absolute atomic E-state index is 12.6. The van der Waals surface area contributed by atoms with Crippen LogP contribution in [-0.4, -0.2) is 35.9 Å². The van der Waals surface area contributed by atoms with Gasteiger partial charge in [-0.25, -0.2) is 12.7 Å². The third-order valence-electron chi connectivity index (χ3n) is 4.09. The number of amides is 1. The molecule has 1 aliphatic rings. The largest absolute Gasteiger partial charge is 0.360 e. The maximum atomic E-state index is 12.6. The minimum atomic E-state index is -3.98. The highest BCUT2D eigenvalue weighted by Gasteiger charge is 2.41. The third kappa shape index (κ3) is 1.98. The first-order valence-electron chi connectivity index (χ1n) is 7.25. The van der Waals surface area contributed by atoms with Crippen molar-refractivity contribution in [2.24, 2.45) is 0 Å². The van der Waals surface area contributed by atoms with Gasteiger partial charge in [-0.1, -0.05) is 30.3 Å². The Bertz CT molecular complexity index is 1100. The van der Waals surface area contributed by atoms with Crippen LogP contribution in [0.5, 0.6) is 0 Å². The Morgan fingerprint density at radius 2 is 1.75 bits per heavy atom. The summed E-state index contributed by atoms with van der Waals surface area (Å²) < 4.78 is 25.7. The molecule has 0 spiro atoms. The monoisotopic (exact) mass is 340 g/mol. The van der Waals surface area contributed by atoms with Crippen LogP contribution in [0.3, 0.4) is 0 Å². The number of aromatic amines is 1. The molecule has 6 nitrogen and oxygen atoms in total. The maximum Gasteiger partial charge on any atom is 0.269 e. The molecule has 1 aliphatic heterocycles. The Morgan fingerprint density at radius 3 is 2.54 bits per heavy atom. The number of hydrogen-bond acceptors (Lipinski definition) is 4. The van der Waals surface area contributed by atoms with Crippen LogP contribution in [-0.2, 0) is 10.0 Å². The average Bonchev–Trinajstić information content (AvgIpc) is 3.09. The van der Waals surface area contributed by atoms with E-state index < -0.39 is 28.3 Å². The highest BCUT2D eigenvalue weighted by atomic mass is 32.2. The number of nitrogens with one attached hydrogen (secondary N) is 1. The number of fused-ring (bicyclic) bond motifs is 2. The van der Waals surface area contributed by atoms with Crippen molar-refractivity contribution in [3.63, 3.8) is 0 Å².